The van der Waals surface area contributed by atoms with Gasteiger partial charge in [-0.05, 0) is 22.6 Å². The zero-order chi connectivity index (χ0) is 11.6. The van der Waals surface area contributed by atoms with Gasteiger partial charge in [0.15, 0.2) is 0 Å². The minimum Gasteiger partial charge on any atom is -0.258 e. The average molecular weight is 393 g/mol. The Bertz CT molecular complexity index is 403. The molecule has 82 valence electrons. The molecule has 1 aromatic heterocycles. The van der Waals surface area contributed by atoms with Crippen molar-refractivity contribution in [3.05, 3.63) is 31.1 Å². The van der Waals surface area contributed by atoms with Crippen LogP contribution >= 0.6 is 38.5 Å². The molecule has 1 aromatic rings. The van der Waals surface area contributed by atoms with Crippen LogP contribution in [0, 0.1) is 13.8 Å². The largest absolute Gasteiger partial charge is 0.282 e. The molecule has 0 radical (unpaired) electrons. The molecule has 0 aliphatic rings. The Morgan fingerprint density at radius 1 is 1.67 bits per heavy atom. The lowest BCUT2D eigenvalue weighted by Crippen LogP contribution is -2.04. The van der Waals surface area contributed by atoms with E-state index in [9.17, 15) is 18.9 Å². The number of halogens is 4. The molecule has 0 saturated carbocycles. The highest BCUT2D eigenvalue weighted by atomic mass is 127. The Kier molecular flexibility index (Phi) is 4.32. The first-order valence-corrected chi connectivity index (χ1v) is 5.85. The van der Waals surface area contributed by atoms with Crippen molar-refractivity contribution >= 4 is 44.2 Å². The standard InChI is InChI=1S/C7H4BrF2IN2O2/c8-2-3-6(7(9)10)4(13(14)15)1-5(11)12-3/h1,7H,2H2. The molecule has 0 amide bonds. The van der Waals surface area contributed by atoms with Crippen molar-refractivity contribution in [1.29, 1.82) is 0 Å². The van der Waals surface area contributed by atoms with E-state index in [1.54, 1.807) is 22.6 Å². The monoisotopic (exact) mass is 392 g/mol. The van der Waals surface area contributed by atoms with Gasteiger partial charge in [-0.2, -0.15) is 0 Å². The van der Waals surface area contributed by atoms with E-state index in [2.05, 4.69) is 20.9 Å². The van der Waals surface area contributed by atoms with E-state index < -0.39 is 22.6 Å². The van der Waals surface area contributed by atoms with E-state index in [-0.39, 0.29) is 11.0 Å². The number of nitrogens with zero attached hydrogens (tertiary/aromatic N) is 2. The van der Waals surface area contributed by atoms with Gasteiger partial charge >= 0.3 is 0 Å². The lowest BCUT2D eigenvalue weighted by atomic mass is 10.2. The van der Waals surface area contributed by atoms with E-state index in [1.165, 1.54) is 0 Å². The van der Waals surface area contributed by atoms with Gasteiger partial charge in [0.25, 0.3) is 12.1 Å². The van der Waals surface area contributed by atoms with Crippen molar-refractivity contribution in [2.75, 3.05) is 0 Å². The van der Waals surface area contributed by atoms with Gasteiger partial charge in [0, 0.05) is 11.4 Å². The summed E-state index contributed by atoms with van der Waals surface area (Å²) in [5, 5.41) is 10.6. The molecular weight excluding hydrogens is 389 g/mol. The van der Waals surface area contributed by atoms with Gasteiger partial charge in [-0.3, -0.25) is 10.1 Å². The van der Waals surface area contributed by atoms with E-state index >= 15 is 0 Å². The number of hydrogen-bond acceptors (Lipinski definition) is 3. The van der Waals surface area contributed by atoms with Gasteiger partial charge < -0.3 is 0 Å². The third-order valence-corrected chi connectivity index (χ3v) is 2.71. The van der Waals surface area contributed by atoms with Crippen LogP contribution in [-0.4, -0.2) is 9.91 Å². The summed E-state index contributed by atoms with van der Waals surface area (Å²) in [7, 11) is 0. The predicted octanol–water partition coefficient (Wildman–Crippen LogP) is 3.43. The van der Waals surface area contributed by atoms with Crippen LogP contribution in [0.5, 0.6) is 0 Å². The van der Waals surface area contributed by atoms with Gasteiger partial charge in [0.2, 0.25) is 0 Å². The Morgan fingerprint density at radius 2 is 2.27 bits per heavy atom. The molecule has 4 nitrogen and oxygen atoms in total. The molecule has 0 aromatic carbocycles. The van der Waals surface area contributed by atoms with Crippen LogP contribution in [0.3, 0.4) is 0 Å². The van der Waals surface area contributed by atoms with Gasteiger partial charge in [0.05, 0.1) is 10.6 Å². The van der Waals surface area contributed by atoms with Crippen molar-refractivity contribution in [3.8, 4) is 0 Å². The van der Waals surface area contributed by atoms with Crippen molar-refractivity contribution in [3.63, 3.8) is 0 Å². The summed E-state index contributed by atoms with van der Waals surface area (Å²) in [5.41, 5.74) is -1.19. The van der Waals surface area contributed by atoms with Crippen molar-refractivity contribution in [2.24, 2.45) is 0 Å². The quantitative estimate of drug-likeness (QED) is 0.260. The molecule has 0 unspecified atom stereocenters. The fourth-order valence-electron chi connectivity index (χ4n) is 1.05. The summed E-state index contributed by atoms with van der Waals surface area (Å²) >= 11 is 4.72. The second-order valence-electron chi connectivity index (χ2n) is 2.52. The Balaban J connectivity index is 3.47. The number of hydrogen-bond donors (Lipinski definition) is 0. The normalized spacial score (nSPS) is 10.7. The highest BCUT2D eigenvalue weighted by molar-refractivity contribution is 14.1. The molecule has 0 N–H and O–H groups in total. The Hall–Kier alpha value is -0.380. The summed E-state index contributed by atoms with van der Waals surface area (Å²) in [4.78, 5) is 13.6. The maximum absolute atomic E-state index is 12.6. The highest BCUT2D eigenvalue weighted by Crippen LogP contribution is 2.33. The molecule has 0 aliphatic carbocycles. The first kappa shape index (κ1) is 12.7. The predicted molar refractivity (Wildman–Crippen MR) is 61.2 cm³/mol. The molecule has 0 saturated heterocycles. The molecular formula is C7H4BrF2IN2O2. The third kappa shape index (κ3) is 2.80. The number of alkyl halides is 3. The SMILES string of the molecule is O=[N+]([O-])c1cc(I)nc(CBr)c1C(F)F. The van der Waals surface area contributed by atoms with E-state index in [0.29, 0.717) is 3.70 Å². The van der Waals surface area contributed by atoms with Gasteiger partial charge in [-0.15, -0.1) is 0 Å². The highest BCUT2D eigenvalue weighted by Gasteiger charge is 2.26. The lowest BCUT2D eigenvalue weighted by molar-refractivity contribution is -0.386. The van der Waals surface area contributed by atoms with E-state index in [1.807, 2.05) is 0 Å². The number of nitro groups is 1. The molecule has 1 heterocycles. The van der Waals surface area contributed by atoms with E-state index in [4.69, 9.17) is 0 Å². The average Bonchev–Trinajstić information content (AvgIpc) is 2.15. The second kappa shape index (κ2) is 5.10. The summed E-state index contributed by atoms with van der Waals surface area (Å²) < 4.78 is 25.5. The zero-order valence-electron chi connectivity index (χ0n) is 7.08. The van der Waals surface area contributed by atoms with Crippen LogP contribution in [-0.2, 0) is 5.33 Å². The summed E-state index contributed by atoms with van der Waals surface area (Å²) in [5.74, 6) is 0. The smallest absolute Gasteiger partial charge is 0.258 e. The molecule has 0 fully saturated rings. The van der Waals surface area contributed by atoms with Gasteiger partial charge in [-0.25, -0.2) is 13.8 Å². The molecule has 0 spiro atoms. The maximum Gasteiger partial charge on any atom is 0.282 e. The van der Waals surface area contributed by atoms with Crippen LogP contribution in [0.25, 0.3) is 0 Å². The van der Waals surface area contributed by atoms with E-state index in [0.717, 1.165) is 6.07 Å². The van der Waals surface area contributed by atoms with Crippen molar-refractivity contribution in [1.82, 2.24) is 4.98 Å². The zero-order valence-corrected chi connectivity index (χ0v) is 10.8. The Labute approximate surface area is 105 Å². The fourth-order valence-corrected chi connectivity index (χ4v) is 2.06. The van der Waals surface area contributed by atoms with Crippen LogP contribution < -0.4 is 0 Å². The summed E-state index contributed by atoms with van der Waals surface area (Å²) in [6, 6.07) is 1.04. The maximum atomic E-state index is 12.6. The van der Waals surface area contributed by atoms with Crippen molar-refractivity contribution < 1.29 is 13.7 Å². The number of rotatable bonds is 3. The van der Waals surface area contributed by atoms with Crippen LogP contribution in [0.4, 0.5) is 14.5 Å². The summed E-state index contributed by atoms with van der Waals surface area (Å²) in [6.45, 7) is 0. The van der Waals surface area contributed by atoms with Gasteiger partial charge in [-0.1, -0.05) is 15.9 Å². The first-order chi connectivity index (χ1) is 6.97. The minimum absolute atomic E-state index is 0.00333. The summed E-state index contributed by atoms with van der Waals surface area (Å²) in [6.07, 6.45) is -2.90. The molecule has 0 aliphatic heterocycles. The molecule has 1 rings (SSSR count). The lowest BCUT2D eigenvalue weighted by Gasteiger charge is -2.06. The number of pyridine rings is 1. The third-order valence-electron chi connectivity index (χ3n) is 1.63. The Morgan fingerprint density at radius 3 is 2.67 bits per heavy atom. The molecule has 15 heavy (non-hydrogen) atoms. The van der Waals surface area contributed by atoms with Gasteiger partial charge in [0.1, 0.15) is 9.26 Å². The molecule has 0 atom stereocenters. The van der Waals surface area contributed by atoms with Crippen LogP contribution in [0.2, 0.25) is 0 Å². The molecule has 8 heteroatoms. The van der Waals surface area contributed by atoms with Crippen LogP contribution in [0.15, 0.2) is 6.07 Å². The second-order valence-corrected chi connectivity index (χ2v) is 4.18. The topological polar surface area (TPSA) is 56.0 Å². The fraction of sp³-hybridized carbons (Fsp3) is 0.286. The minimum atomic E-state index is -2.90. The van der Waals surface area contributed by atoms with Crippen molar-refractivity contribution in [2.45, 2.75) is 11.8 Å². The first-order valence-electron chi connectivity index (χ1n) is 3.65. The molecule has 0 bridgehead atoms. The van der Waals surface area contributed by atoms with Crippen LogP contribution in [0.1, 0.15) is 17.7 Å². The number of aromatic nitrogens is 1.